The van der Waals surface area contributed by atoms with Crippen LogP contribution >= 0.6 is 0 Å². The second kappa shape index (κ2) is 23.3. The molecule has 0 aliphatic rings. The minimum atomic E-state index is -1.23. The van der Waals surface area contributed by atoms with E-state index in [0.29, 0.717) is 109 Å². The third-order valence-electron chi connectivity index (χ3n) is 10.6. The van der Waals surface area contributed by atoms with Gasteiger partial charge in [-0.2, -0.15) is 0 Å². The number of carboxylic acids is 2. The number of hydrogen-bond acceptors (Lipinski definition) is 15. The highest BCUT2D eigenvalue weighted by Crippen LogP contribution is 2.39. The van der Waals surface area contributed by atoms with Gasteiger partial charge < -0.3 is 73.1 Å². The van der Waals surface area contributed by atoms with E-state index >= 15 is 0 Å². The van der Waals surface area contributed by atoms with E-state index in [1.807, 2.05) is 0 Å². The van der Waals surface area contributed by atoms with Gasteiger partial charge in [-0.1, -0.05) is 0 Å². The van der Waals surface area contributed by atoms with Gasteiger partial charge in [-0.25, -0.2) is 9.59 Å². The molecule has 0 spiro atoms. The van der Waals surface area contributed by atoms with Crippen LogP contribution in [0.2, 0.25) is 0 Å². The van der Waals surface area contributed by atoms with Gasteiger partial charge in [-0.05, 0) is 74.5 Å². The summed E-state index contributed by atoms with van der Waals surface area (Å²) in [5, 5.41) is 19.0. The molecule has 0 fully saturated rings. The van der Waals surface area contributed by atoms with Crippen LogP contribution in [-0.2, 0) is 23.7 Å². The Morgan fingerprint density at radius 1 is 0.507 bits per heavy atom. The number of benzene rings is 2. The van der Waals surface area contributed by atoms with Crippen molar-refractivity contribution in [2.24, 2.45) is 0 Å². The second-order valence-electron chi connectivity index (χ2n) is 14.8. The molecular formula is C48H54N4O15. The maximum absolute atomic E-state index is 13.6. The molecule has 0 aliphatic heterocycles. The summed E-state index contributed by atoms with van der Waals surface area (Å²) >= 11 is 0. The molecule has 0 bridgehead atoms. The van der Waals surface area contributed by atoms with Crippen LogP contribution in [0.4, 0.5) is 11.4 Å². The summed E-state index contributed by atoms with van der Waals surface area (Å²) in [4.78, 5) is 50.6. The van der Waals surface area contributed by atoms with E-state index < -0.39 is 23.5 Å². The van der Waals surface area contributed by atoms with Crippen molar-refractivity contribution in [1.29, 1.82) is 0 Å². The lowest BCUT2D eigenvalue weighted by molar-refractivity contribution is -0.0141. The number of pyridine rings is 2. The lowest BCUT2D eigenvalue weighted by atomic mass is 10.0. The fraction of sp³-hybridized carbons (Fsp3) is 0.333. The molecule has 0 saturated carbocycles. The maximum atomic E-state index is 13.6. The molecule has 6 aromatic rings. The molecule has 4 heterocycles. The molecule has 0 aliphatic carbocycles. The average Bonchev–Trinajstić information content (AvgIpc) is 3.78. The van der Waals surface area contributed by atoms with E-state index in [2.05, 4.69) is 0 Å². The van der Waals surface area contributed by atoms with Crippen LogP contribution < -0.4 is 30.4 Å². The van der Waals surface area contributed by atoms with Gasteiger partial charge >= 0.3 is 11.9 Å². The number of nitrogens with zero attached hydrogens (tertiary/aromatic N) is 2. The van der Waals surface area contributed by atoms with Crippen molar-refractivity contribution >= 4 is 45.9 Å². The summed E-state index contributed by atoms with van der Waals surface area (Å²) in [5.41, 5.74) is 14.6. The quantitative estimate of drug-likeness (QED) is 0.0273. The molecule has 0 saturated heterocycles. The number of carbonyl (C=O) groups is 4. The summed E-state index contributed by atoms with van der Waals surface area (Å²) in [7, 11) is 3.01. The number of nitrogen functional groups attached to an aromatic ring is 2. The van der Waals surface area contributed by atoms with Gasteiger partial charge in [0.15, 0.2) is 11.5 Å². The third kappa shape index (κ3) is 11.5. The Labute approximate surface area is 385 Å². The molecule has 4 aromatic heterocycles. The summed E-state index contributed by atoms with van der Waals surface area (Å²) in [5.74, 6) is -1.37. The van der Waals surface area contributed by atoms with Crippen molar-refractivity contribution in [3.63, 3.8) is 0 Å². The number of methoxy groups -OCH3 is 2. The standard InChI is InChI=1S/C48H54N4O15/c1-29-39(43(53)31-9-11-35(49)33(27-31)47(55)56)51-13-5-7-37(41(51)45(29)59-3)66-25-23-64-21-19-62-17-15-61-16-18-63-20-22-65-24-26-67-38-8-6-14-52-40(30(2)46(60-4)42(38)52)44(54)32-10-12-36(50)34(28-32)48(57)58/h5-14,27-28H,15-26,49-50H2,1-4H3,(H,55,56)(H,57,58). The Morgan fingerprint density at radius 2 is 0.836 bits per heavy atom. The summed E-state index contributed by atoms with van der Waals surface area (Å²) in [6.07, 6.45) is 3.43. The van der Waals surface area contributed by atoms with E-state index in [4.69, 9.17) is 54.1 Å². The Bertz CT molecular complexity index is 2540. The first-order chi connectivity index (χ1) is 32.4. The molecule has 19 nitrogen and oxygen atoms in total. The van der Waals surface area contributed by atoms with Gasteiger partial charge in [0, 0.05) is 46.0 Å². The average molecular weight is 927 g/mol. The van der Waals surface area contributed by atoms with E-state index in [1.54, 1.807) is 59.3 Å². The first-order valence-corrected chi connectivity index (χ1v) is 21.2. The van der Waals surface area contributed by atoms with E-state index in [0.717, 1.165) is 0 Å². The van der Waals surface area contributed by atoms with E-state index in [9.17, 15) is 29.4 Å². The first kappa shape index (κ1) is 49.3. The van der Waals surface area contributed by atoms with Crippen LogP contribution in [0.3, 0.4) is 0 Å². The highest BCUT2D eigenvalue weighted by atomic mass is 16.6. The zero-order valence-corrected chi connectivity index (χ0v) is 37.7. The number of fused-ring (bicyclic) bond motifs is 2. The van der Waals surface area contributed by atoms with Gasteiger partial charge in [-0.3, -0.25) is 9.59 Å². The molecule has 0 unspecified atom stereocenters. The van der Waals surface area contributed by atoms with E-state index in [-0.39, 0.29) is 60.1 Å². The lowest BCUT2D eigenvalue weighted by Crippen LogP contribution is -2.15. The zero-order valence-electron chi connectivity index (χ0n) is 37.7. The number of aromatic nitrogens is 2. The minimum absolute atomic E-state index is 0.0621. The van der Waals surface area contributed by atoms with Gasteiger partial charge in [0.05, 0.1) is 91.4 Å². The highest BCUT2D eigenvalue weighted by molar-refractivity contribution is 6.13. The normalized spacial score (nSPS) is 11.3. The van der Waals surface area contributed by atoms with Crippen molar-refractivity contribution in [2.45, 2.75) is 13.8 Å². The van der Waals surface area contributed by atoms with Gasteiger partial charge in [0.1, 0.15) is 47.1 Å². The third-order valence-corrected chi connectivity index (χ3v) is 10.6. The number of ether oxygens (including phenoxy) is 9. The fourth-order valence-electron chi connectivity index (χ4n) is 7.46. The molecule has 356 valence electrons. The van der Waals surface area contributed by atoms with Crippen molar-refractivity contribution in [2.75, 3.05) is 105 Å². The van der Waals surface area contributed by atoms with Gasteiger partial charge in [0.25, 0.3) is 0 Å². The molecule has 2 aromatic carbocycles. The van der Waals surface area contributed by atoms with Crippen LogP contribution in [0.15, 0.2) is 73.1 Å². The predicted octanol–water partition coefficient (Wildman–Crippen LogP) is 5.39. The van der Waals surface area contributed by atoms with Crippen LogP contribution in [0.5, 0.6) is 23.0 Å². The SMILES string of the molecule is COc1c(C)c(C(=O)c2ccc(N)c(C(=O)O)c2)n2cccc(OCCOCCOCCOCCOCCOCCOc3cccn4c(C(=O)c5ccc(N)c(C(=O)O)c5)c(C)c(OC)c34)c12. The Hall–Kier alpha value is -7.16. The Kier molecular flexibility index (Phi) is 17.2. The summed E-state index contributed by atoms with van der Waals surface area (Å²) in [6.45, 7) is 7.44. The number of nitrogens with two attached hydrogens (primary N) is 2. The van der Waals surface area contributed by atoms with Crippen molar-refractivity contribution in [3.05, 3.63) is 118 Å². The molecule has 19 heteroatoms. The van der Waals surface area contributed by atoms with Crippen LogP contribution in [-0.4, -0.2) is 136 Å². The topological polar surface area (TPSA) is 253 Å². The fourth-order valence-corrected chi connectivity index (χ4v) is 7.46. The molecule has 6 rings (SSSR count). The first-order valence-electron chi connectivity index (χ1n) is 21.2. The molecule has 0 atom stereocenters. The number of aromatic carboxylic acids is 2. The number of carbonyl (C=O) groups excluding carboxylic acids is 2. The van der Waals surface area contributed by atoms with Crippen molar-refractivity contribution < 1.29 is 72.0 Å². The number of rotatable bonds is 28. The molecule has 6 N–H and O–H groups in total. The number of carboxylic acid groups (broad SMARTS) is 2. The van der Waals surface area contributed by atoms with Crippen LogP contribution in [0.25, 0.3) is 11.0 Å². The molecule has 0 radical (unpaired) electrons. The van der Waals surface area contributed by atoms with Crippen molar-refractivity contribution in [3.8, 4) is 23.0 Å². The Balaban J connectivity index is 0.822. The number of hydrogen-bond donors (Lipinski definition) is 4. The number of ketones is 2. The maximum Gasteiger partial charge on any atom is 0.337 e. The lowest BCUT2D eigenvalue weighted by Gasteiger charge is -2.11. The minimum Gasteiger partial charge on any atom is -0.494 e. The second-order valence-corrected chi connectivity index (χ2v) is 14.8. The highest BCUT2D eigenvalue weighted by Gasteiger charge is 2.27. The largest absolute Gasteiger partial charge is 0.494 e. The number of anilines is 2. The van der Waals surface area contributed by atoms with Gasteiger partial charge in [0.2, 0.25) is 11.6 Å². The van der Waals surface area contributed by atoms with E-state index in [1.165, 1.54) is 50.6 Å². The molecular weight excluding hydrogens is 873 g/mol. The van der Waals surface area contributed by atoms with Crippen LogP contribution in [0.1, 0.15) is 63.9 Å². The van der Waals surface area contributed by atoms with Gasteiger partial charge in [-0.15, -0.1) is 0 Å². The van der Waals surface area contributed by atoms with Crippen LogP contribution in [0, 0.1) is 13.8 Å². The molecule has 67 heavy (non-hydrogen) atoms. The molecule has 0 amide bonds. The smallest absolute Gasteiger partial charge is 0.337 e. The zero-order chi connectivity index (χ0) is 48.0. The Morgan fingerprint density at radius 3 is 1.15 bits per heavy atom. The van der Waals surface area contributed by atoms with Crippen molar-refractivity contribution in [1.82, 2.24) is 8.80 Å². The summed E-state index contributed by atoms with van der Waals surface area (Å²) in [6, 6.07) is 15.3. The summed E-state index contributed by atoms with van der Waals surface area (Å²) < 4.78 is 54.8. The predicted molar refractivity (Wildman–Crippen MR) is 245 cm³/mol. The monoisotopic (exact) mass is 926 g/mol.